The van der Waals surface area contributed by atoms with Gasteiger partial charge < -0.3 is 15.3 Å². The number of aliphatic hydroxyl groups excluding tert-OH is 1. The summed E-state index contributed by atoms with van der Waals surface area (Å²) in [6.45, 7) is 1.56. The highest BCUT2D eigenvalue weighted by Gasteiger charge is 2.20. The van der Waals surface area contributed by atoms with E-state index >= 15 is 0 Å². The zero-order chi connectivity index (χ0) is 16.2. The summed E-state index contributed by atoms with van der Waals surface area (Å²) < 4.78 is 0. The van der Waals surface area contributed by atoms with Crippen molar-refractivity contribution in [3.8, 4) is 0 Å². The molecule has 1 aliphatic heterocycles. The number of nitrogens with zero attached hydrogens (tertiary/aromatic N) is 1. The van der Waals surface area contributed by atoms with Gasteiger partial charge in [-0.3, -0.25) is 4.79 Å². The second-order valence-electron chi connectivity index (χ2n) is 5.69. The minimum absolute atomic E-state index is 0.208. The van der Waals surface area contributed by atoms with Gasteiger partial charge >= 0.3 is 0 Å². The Labute approximate surface area is 140 Å². The molecule has 2 N–H and O–H groups in total. The Morgan fingerprint density at radius 1 is 1.17 bits per heavy atom. The van der Waals surface area contributed by atoms with Gasteiger partial charge in [-0.15, -0.1) is 0 Å². The molecule has 3 rings (SSSR count). The van der Waals surface area contributed by atoms with E-state index in [4.69, 9.17) is 16.7 Å². The van der Waals surface area contributed by atoms with Gasteiger partial charge in [-0.05, 0) is 47.4 Å². The second kappa shape index (κ2) is 7.02. The summed E-state index contributed by atoms with van der Waals surface area (Å²) in [5.74, 6) is -0.208. The van der Waals surface area contributed by atoms with Crippen LogP contribution in [0.3, 0.4) is 0 Å². The zero-order valence-electron chi connectivity index (χ0n) is 12.8. The molecule has 120 valence electrons. The lowest BCUT2D eigenvalue weighted by atomic mass is 9.99. The van der Waals surface area contributed by atoms with E-state index in [9.17, 15) is 4.79 Å². The average molecular weight is 331 g/mol. The van der Waals surface area contributed by atoms with E-state index < -0.39 is 6.61 Å². The first kappa shape index (κ1) is 15.8. The van der Waals surface area contributed by atoms with E-state index in [1.807, 2.05) is 30.3 Å². The van der Waals surface area contributed by atoms with Crippen LogP contribution in [0, 0.1) is 0 Å². The lowest BCUT2D eigenvalue weighted by Gasteiger charge is -2.28. The first-order valence-corrected chi connectivity index (χ1v) is 8.02. The van der Waals surface area contributed by atoms with E-state index in [1.54, 1.807) is 4.90 Å². The molecule has 0 saturated carbocycles. The maximum atomic E-state index is 11.6. The van der Waals surface area contributed by atoms with Crippen molar-refractivity contribution in [1.29, 1.82) is 0 Å². The Hall–Kier alpha value is -2.04. The lowest BCUT2D eigenvalue weighted by Crippen LogP contribution is -2.37. The Balaban J connectivity index is 1.65. The predicted octanol–water partition coefficient (Wildman–Crippen LogP) is 2.83. The van der Waals surface area contributed by atoms with Crippen molar-refractivity contribution in [3.63, 3.8) is 0 Å². The van der Waals surface area contributed by atoms with E-state index in [0.29, 0.717) is 13.1 Å². The average Bonchev–Trinajstić information content (AvgIpc) is 2.60. The fraction of sp³-hybridized carbons (Fsp3) is 0.278. The maximum Gasteiger partial charge on any atom is 0.248 e. The van der Waals surface area contributed by atoms with Gasteiger partial charge in [-0.1, -0.05) is 29.8 Å². The Morgan fingerprint density at radius 3 is 2.70 bits per heavy atom. The first-order chi connectivity index (χ1) is 11.2. The molecule has 0 unspecified atom stereocenters. The highest BCUT2D eigenvalue weighted by Crippen LogP contribution is 2.23. The van der Waals surface area contributed by atoms with Crippen molar-refractivity contribution in [2.45, 2.75) is 19.5 Å². The summed E-state index contributed by atoms with van der Waals surface area (Å²) >= 11 is 5.89. The van der Waals surface area contributed by atoms with Crippen LogP contribution in [-0.2, 0) is 24.3 Å². The van der Waals surface area contributed by atoms with Gasteiger partial charge in [0.05, 0.1) is 0 Å². The number of rotatable bonds is 4. The van der Waals surface area contributed by atoms with Gasteiger partial charge in [0.2, 0.25) is 5.91 Å². The molecule has 23 heavy (non-hydrogen) atoms. The minimum atomic E-state index is -0.421. The van der Waals surface area contributed by atoms with Crippen LogP contribution in [0.25, 0.3) is 0 Å². The van der Waals surface area contributed by atoms with Gasteiger partial charge in [0.15, 0.2) is 0 Å². The molecule has 1 aliphatic rings. The highest BCUT2D eigenvalue weighted by molar-refractivity contribution is 6.30. The number of fused-ring (bicyclic) bond motifs is 1. The molecule has 0 fully saturated rings. The van der Waals surface area contributed by atoms with Crippen molar-refractivity contribution >= 4 is 23.2 Å². The third-order valence-corrected chi connectivity index (χ3v) is 4.37. The van der Waals surface area contributed by atoms with Crippen molar-refractivity contribution in [1.82, 2.24) is 4.90 Å². The molecule has 1 heterocycles. The molecule has 4 nitrogen and oxygen atoms in total. The standard InChI is InChI=1S/C18H19ClN2O2/c19-16-4-1-13(2-5-16)10-20-17-6-3-15-11-21(18(23)12-22)8-7-14(15)9-17/h1-6,9,20,22H,7-8,10-12H2. The van der Waals surface area contributed by atoms with Gasteiger partial charge in [-0.2, -0.15) is 0 Å². The van der Waals surface area contributed by atoms with E-state index in [2.05, 4.69) is 17.4 Å². The number of amides is 1. The summed E-state index contributed by atoms with van der Waals surface area (Å²) in [5, 5.41) is 13.1. The Morgan fingerprint density at radius 2 is 1.96 bits per heavy atom. The molecule has 0 aromatic heterocycles. The van der Waals surface area contributed by atoms with Crippen LogP contribution >= 0.6 is 11.6 Å². The van der Waals surface area contributed by atoms with E-state index in [0.717, 1.165) is 29.2 Å². The molecule has 0 spiro atoms. The van der Waals surface area contributed by atoms with Gasteiger partial charge in [0.1, 0.15) is 6.61 Å². The SMILES string of the molecule is O=C(CO)N1CCc2cc(NCc3ccc(Cl)cc3)ccc2C1. The number of hydrogen-bond acceptors (Lipinski definition) is 3. The number of benzene rings is 2. The normalized spacial score (nSPS) is 13.6. The third-order valence-electron chi connectivity index (χ3n) is 4.12. The third kappa shape index (κ3) is 3.84. The monoisotopic (exact) mass is 330 g/mol. The fourth-order valence-electron chi connectivity index (χ4n) is 2.78. The van der Waals surface area contributed by atoms with Crippen LogP contribution in [0.4, 0.5) is 5.69 Å². The molecule has 0 aliphatic carbocycles. The van der Waals surface area contributed by atoms with Crippen molar-refractivity contribution in [2.75, 3.05) is 18.5 Å². The van der Waals surface area contributed by atoms with Crippen molar-refractivity contribution in [2.24, 2.45) is 0 Å². The summed E-state index contributed by atoms with van der Waals surface area (Å²) in [6, 6.07) is 14.0. The Kier molecular flexibility index (Phi) is 4.84. The number of anilines is 1. The molecule has 1 amide bonds. The number of aliphatic hydroxyl groups is 1. The number of hydrogen-bond donors (Lipinski definition) is 2. The summed E-state index contributed by atoms with van der Waals surface area (Å²) in [6.07, 6.45) is 0.817. The molecular weight excluding hydrogens is 312 g/mol. The first-order valence-electron chi connectivity index (χ1n) is 7.64. The smallest absolute Gasteiger partial charge is 0.248 e. The number of carbonyl (C=O) groups excluding carboxylic acids is 1. The van der Waals surface area contributed by atoms with Gasteiger partial charge in [-0.25, -0.2) is 0 Å². The molecule has 2 aromatic rings. The highest BCUT2D eigenvalue weighted by atomic mass is 35.5. The fourth-order valence-corrected chi connectivity index (χ4v) is 2.91. The molecular formula is C18H19ClN2O2. The van der Waals surface area contributed by atoms with Crippen molar-refractivity contribution < 1.29 is 9.90 Å². The van der Waals surface area contributed by atoms with Crippen LogP contribution < -0.4 is 5.32 Å². The number of nitrogens with one attached hydrogen (secondary N) is 1. The van der Waals surface area contributed by atoms with Crippen LogP contribution in [0.15, 0.2) is 42.5 Å². The maximum absolute atomic E-state index is 11.6. The summed E-state index contributed by atoms with van der Waals surface area (Å²) in [4.78, 5) is 13.3. The van der Waals surface area contributed by atoms with Crippen LogP contribution in [-0.4, -0.2) is 29.1 Å². The Bertz CT molecular complexity index is 701. The zero-order valence-corrected chi connectivity index (χ0v) is 13.5. The number of halogens is 1. The van der Waals surface area contributed by atoms with Crippen LogP contribution in [0.2, 0.25) is 5.02 Å². The molecule has 0 bridgehead atoms. The largest absolute Gasteiger partial charge is 0.387 e. The van der Waals surface area contributed by atoms with Gasteiger partial charge in [0.25, 0.3) is 0 Å². The second-order valence-corrected chi connectivity index (χ2v) is 6.12. The molecule has 0 atom stereocenters. The van der Waals surface area contributed by atoms with E-state index in [1.165, 1.54) is 11.1 Å². The summed E-state index contributed by atoms with van der Waals surface area (Å²) in [5.41, 5.74) is 4.65. The topological polar surface area (TPSA) is 52.6 Å². The van der Waals surface area contributed by atoms with Gasteiger partial charge in [0, 0.05) is 30.3 Å². The molecule has 0 saturated heterocycles. The minimum Gasteiger partial charge on any atom is -0.387 e. The van der Waals surface area contributed by atoms with Crippen LogP contribution in [0.5, 0.6) is 0 Å². The molecule has 5 heteroatoms. The van der Waals surface area contributed by atoms with Crippen molar-refractivity contribution in [3.05, 3.63) is 64.2 Å². The lowest BCUT2D eigenvalue weighted by molar-refractivity contribution is -0.135. The van der Waals surface area contributed by atoms with Crippen LogP contribution in [0.1, 0.15) is 16.7 Å². The predicted molar refractivity (Wildman–Crippen MR) is 91.4 cm³/mol. The van der Waals surface area contributed by atoms with E-state index in [-0.39, 0.29) is 5.91 Å². The number of carbonyl (C=O) groups is 1. The summed E-state index contributed by atoms with van der Waals surface area (Å²) in [7, 11) is 0. The molecule has 2 aromatic carbocycles. The quantitative estimate of drug-likeness (QED) is 0.906. The molecule has 0 radical (unpaired) electrons.